The Morgan fingerprint density at radius 3 is 2.65 bits per heavy atom. The predicted octanol–water partition coefficient (Wildman–Crippen LogP) is 5.75. The first-order chi connectivity index (χ1) is 16.4. The summed E-state index contributed by atoms with van der Waals surface area (Å²) in [5, 5.41) is 14.7. The number of rotatable bonds is 4. The van der Waals surface area contributed by atoms with Crippen LogP contribution < -0.4 is 5.32 Å². The molecule has 5 nitrogen and oxygen atoms in total. The van der Waals surface area contributed by atoms with E-state index in [9.17, 15) is 9.90 Å². The summed E-state index contributed by atoms with van der Waals surface area (Å²) in [6.07, 6.45) is 16.3. The van der Waals surface area contributed by atoms with Crippen molar-refractivity contribution in [2.24, 2.45) is 17.3 Å². The molecule has 2 unspecified atom stereocenters. The van der Waals surface area contributed by atoms with Gasteiger partial charge in [0.1, 0.15) is 0 Å². The van der Waals surface area contributed by atoms with E-state index < -0.39 is 0 Å². The largest absolute Gasteiger partial charge is 0.392 e. The van der Waals surface area contributed by atoms with Crippen LogP contribution in [-0.4, -0.2) is 59.8 Å². The lowest BCUT2D eigenvalue weighted by Crippen LogP contribution is -2.48. The summed E-state index contributed by atoms with van der Waals surface area (Å²) in [5.41, 5.74) is 2.43. The van der Waals surface area contributed by atoms with Gasteiger partial charge in [0.15, 0.2) is 0 Å². The molecule has 182 valence electrons. The number of nitrogens with one attached hydrogen (secondary N) is 1. The number of carbonyl (C=O) groups is 1. The maximum atomic E-state index is 12.6. The van der Waals surface area contributed by atoms with Gasteiger partial charge < -0.3 is 20.2 Å². The van der Waals surface area contributed by atoms with Crippen molar-refractivity contribution in [1.82, 2.24) is 9.80 Å². The predicted molar refractivity (Wildman–Crippen MR) is 138 cm³/mol. The minimum absolute atomic E-state index is 0.136. The summed E-state index contributed by atoms with van der Waals surface area (Å²) in [5.74, 6) is 0.873. The maximum Gasteiger partial charge on any atom is 0.321 e. The number of allylic oxidation sites excluding steroid dienone is 6. The summed E-state index contributed by atoms with van der Waals surface area (Å²) in [6, 6.07) is 4.94. The molecule has 0 bridgehead atoms. The minimum atomic E-state index is -0.346. The molecule has 34 heavy (non-hydrogen) atoms. The van der Waals surface area contributed by atoms with Crippen LogP contribution in [0.2, 0.25) is 10.0 Å². The first kappa shape index (κ1) is 23.9. The van der Waals surface area contributed by atoms with Gasteiger partial charge in [-0.1, -0.05) is 53.6 Å². The molecule has 2 aliphatic heterocycles. The molecule has 5 rings (SSSR count). The van der Waals surface area contributed by atoms with Crippen molar-refractivity contribution in [2.75, 3.05) is 38.0 Å². The first-order valence-electron chi connectivity index (χ1n) is 12.4. The minimum Gasteiger partial charge on any atom is -0.392 e. The van der Waals surface area contributed by atoms with E-state index in [2.05, 4.69) is 40.6 Å². The molecule has 1 aromatic carbocycles. The summed E-state index contributed by atoms with van der Waals surface area (Å²) in [7, 11) is 0. The molecule has 1 aromatic rings. The second-order valence-electron chi connectivity index (χ2n) is 10.2. The molecule has 2 fully saturated rings. The van der Waals surface area contributed by atoms with E-state index in [1.807, 2.05) is 4.90 Å². The van der Waals surface area contributed by atoms with Crippen molar-refractivity contribution < 1.29 is 9.90 Å². The number of aliphatic hydroxyl groups is 1. The van der Waals surface area contributed by atoms with E-state index in [4.69, 9.17) is 23.2 Å². The number of piperidine rings is 2. The Kier molecular flexibility index (Phi) is 7.08. The highest BCUT2D eigenvalue weighted by molar-refractivity contribution is 6.42. The van der Waals surface area contributed by atoms with E-state index >= 15 is 0 Å². The van der Waals surface area contributed by atoms with Gasteiger partial charge in [0.2, 0.25) is 0 Å². The number of anilines is 1. The van der Waals surface area contributed by atoms with Crippen molar-refractivity contribution in [3.8, 4) is 0 Å². The molecule has 2 aliphatic carbocycles. The number of halogens is 2. The van der Waals surface area contributed by atoms with Crippen LogP contribution in [0, 0.1) is 17.3 Å². The van der Waals surface area contributed by atoms with E-state index in [0.717, 1.165) is 38.9 Å². The topological polar surface area (TPSA) is 55.8 Å². The maximum absolute atomic E-state index is 12.6. The fourth-order valence-corrected chi connectivity index (χ4v) is 6.41. The summed E-state index contributed by atoms with van der Waals surface area (Å²) < 4.78 is 0. The Labute approximate surface area is 212 Å². The number of nitrogens with zero attached hydrogens (tertiary/aromatic N) is 2. The van der Waals surface area contributed by atoms with Gasteiger partial charge >= 0.3 is 6.03 Å². The van der Waals surface area contributed by atoms with Crippen LogP contribution in [0.15, 0.2) is 54.2 Å². The quantitative estimate of drug-likeness (QED) is 0.551. The lowest BCUT2D eigenvalue weighted by molar-refractivity contribution is 0.0177. The molecule has 0 saturated carbocycles. The average Bonchev–Trinajstić information content (AvgIpc) is 3.21. The van der Waals surface area contributed by atoms with Crippen molar-refractivity contribution in [3.05, 3.63) is 64.2 Å². The van der Waals surface area contributed by atoms with Gasteiger partial charge in [0.05, 0.1) is 16.1 Å². The van der Waals surface area contributed by atoms with Crippen LogP contribution in [0.3, 0.4) is 0 Å². The Hall–Kier alpha value is -1.79. The molecule has 2 atom stereocenters. The van der Waals surface area contributed by atoms with E-state index in [1.165, 1.54) is 18.4 Å². The molecule has 2 saturated heterocycles. The van der Waals surface area contributed by atoms with Crippen LogP contribution >= 0.6 is 23.2 Å². The third-order valence-corrected chi connectivity index (χ3v) is 9.01. The van der Waals surface area contributed by atoms with Crippen LogP contribution in [-0.2, 0) is 0 Å². The van der Waals surface area contributed by atoms with Crippen LogP contribution in [0.4, 0.5) is 10.5 Å². The number of carbonyl (C=O) groups excluding carboxylic acids is 1. The summed E-state index contributed by atoms with van der Waals surface area (Å²) in [6.45, 7) is 4.10. The van der Waals surface area contributed by atoms with E-state index in [-0.39, 0.29) is 18.1 Å². The zero-order chi connectivity index (χ0) is 23.7. The highest BCUT2D eigenvalue weighted by Crippen LogP contribution is 2.51. The number of hydrogen-bond donors (Lipinski definition) is 2. The van der Waals surface area contributed by atoms with E-state index in [0.29, 0.717) is 40.2 Å². The molecule has 0 aromatic heterocycles. The van der Waals surface area contributed by atoms with Crippen molar-refractivity contribution in [2.45, 2.75) is 38.2 Å². The van der Waals surface area contributed by atoms with Gasteiger partial charge in [-0.05, 0) is 86.2 Å². The van der Waals surface area contributed by atoms with E-state index in [1.54, 1.807) is 18.2 Å². The molecule has 0 radical (unpaired) electrons. The van der Waals surface area contributed by atoms with Crippen LogP contribution in [0.25, 0.3) is 0 Å². The van der Waals surface area contributed by atoms with Crippen molar-refractivity contribution in [3.63, 3.8) is 0 Å². The standard InChI is InChI=1S/C27H33Cl2N3O2/c28-23-6-5-21(17-24(23)29)30-26(34)32-13-8-20(9-14-32)25(33)18-31-15-11-27(12-16-31)10-7-19-3-1-2-4-22(19)27/h1-3,5-7,10,17,20,22,25,33H,4,8-9,11-16,18H2,(H,30,34). The Morgan fingerprint density at radius 1 is 1.15 bits per heavy atom. The number of β-amino-alcohol motifs (C(OH)–C–C–N with tert-alkyl or cyclic N) is 1. The third kappa shape index (κ3) is 4.94. The molecular formula is C27H33Cl2N3O2. The average molecular weight is 502 g/mol. The fraction of sp³-hybridized carbons (Fsp3) is 0.519. The molecule has 2 heterocycles. The SMILES string of the molecule is O=C(Nc1ccc(Cl)c(Cl)c1)N1CCC(C(O)CN2CCC3(C=CC4=CC=CCC43)CC2)CC1. The monoisotopic (exact) mass is 501 g/mol. The molecular weight excluding hydrogens is 469 g/mol. The normalized spacial score (nSPS) is 25.3. The molecule has 2 N–H and O–H groups in total. The van der Waals surface area contributed by atoms with Crippen LogP contribution in [0.1, 0.15) is 32.1 Å². The Morgan fingerprint density at radius 2 is 1.91 bits per heavy atom. The fourth-order valence-electron chi connectivity index (χ4n) is 6.11. The van der Waals surface area contributed by atoms with Crippen molar-refractivity contribution in [1.29, 1.82) is 0 Å². The molecule has 1 spiro atoms. The number of hydrogen-bond acceptors (Lipinski definition) is 3. The molecule has 4 aliphatic rings. The van der Waals surface area contributed by atoms with Gasteiger partial charge in [-0.3, -0.25) is 0 Å². The second-order valence-corrected chi connectivity index (χ2v) is 11.0. The van der Waals surface area contributed by atoms with Gasteiger partial charge in [0, 0.05) is 25.3 Å². The number of likely N-dealkylation sites (tertiary alicyclic amines) is 2. The highest BCUT2D eigenvalue weighted by Gasteiger charge is 2.44. The summed E-state index contributed by atoms with van der Waals surface area (Å²) >= 11 is 12.0. The second kappa shape index (κ2) is 10.1. The Balaban J connectivity index is 1.07. The number of benzene rings is 1. The van der Waals surface area contributed by atoms with Crippen LogP contribution in [0.5, 0.6) is 0 Å². The number of urea groups is 1. The zero-order valence-corrected chi connectivity index (χ0v) is 20.9. The lowest BCUT2D eigenvalue weighted by atomic mass is 9.68. The van der Waals surface area contributed by atoms with Gasteiger partial charge in [-0.25, -0.2) is 4.79 Å². The number of amides is 2. The number of aliphatic hydroxyl groups excluding tert-OH is 1. The third-order valence-electron chi connectivity index (χ3n) is 8.27. The first-order valence-corrected chi connectivity index (χ1v) is 13.2. The smallest absolute Gasteiger partial charge is 0.321 e. The molecule has 2 amide bonds. The van der Waals surface area contributed by atoms with Gasteiger partial charge in [0.25, 0.3) is 0 Å². The summed E-state index contributed by atoms with van der Waals surface area (Å²) in [4.78, 5) is 16.9. The lowest BCUT2D eigenvalue weighted by Gasteiger charge is -2.44. The van der Waals surface area contributed by atoms with Crippen molar-refractivity contribution >= 4 is 34.9 Å². The van der Waals surface area contributed by atoms with Gasteiger partial charge in [-0.2, -0.15) is 0 Å². The molecule has 7 heteroatoms. The zero-order valence-electron chi connectivity index (χ0n) is 19.4. The Bertz CT molecular complexity index is 1010. The van der Waals surface area contributed by atoms with Gasteiger partial charge in [-0.15, -0.1) is 0 Å². The number of fused-ring (bicyclic) bond motifs is 2. The highest BCUT2D eigenvalue weighted by atomic mass is 35.5.